The smallest absolute Gasteiger partial charge is 0.0858 e. The van der Waals surface area contributed by atoms with Gasteiger partial charge in [0.05, 0.1) is 6.10 Å². The lowest BCUT2D eigenvalue weighted by Crippen LogP contribution is -2.11. The van der Waals surface area contributed by atoms with Crippen molar-refractivity contribution >= 4 is 11.6 Å². The summed E-state index contributed by atoms with van der Waals surface area (Å²) in [5.74, 6) is 0.115. The summed E-state index contributed by atoms with van der Waals surface area (Å²) < 4.78 is 0. The van der Waals surface area contributed by atoms with Crippen molar-refractivity contribution in [1.82, 2.24) is 0 Å². The molecule has 0 spiro atoms. The molecule has 2 heteroatoms. The molecule has 2 aromatic carbocycles. The van der Waals surface area contributed by atoms with Crippen LogP contribution in [0.3, 0.4) is 0 Å². The highest BCUT2D eigenvalue weighted by atomic mass is 35.5. The van der Waals surface area contributed by atoms with Crippen molar-refractivity contribution in [2.45, 2.75) is 31.8 Å². The van der Waals surface area contributed by atoms with Crippen molar-refractivity contribution in [2.75, 3.05) is 0 Å². The lowest BCUT2D eigenvalue weighted by atomic mass is 9.86. The van der Waals surface area contributed by atoms with Crippen LogP contribution in [0.5, 0.6) is 0 Å². The van der Waals surface area contributed by atoms with Crippen LogP contribution in [0.1, 0.15) is 42.9 Å². The molecule has 0 aliphatic rings. The summed E-state index contributed by atoms with van der Waals surface area (Å²) in [5, 5.41) is 11.3. The van der Waals surface area contributed by atoms with E-state index in [-0.39, 0.29) is 5.92 Å². The van der Waals surface area contributed by atoms with Gasteiger partial charge in [0, 0.05) is 10.9 Å². The van der Waals surface area contributed by atoms with Crippen LogP contribution in [0, 0.1) is 0 Å². The minimum absolute atomic E-state index is 0.115. The first-order chi connectivity index (χ1) is 9.22. The minimum atomic E-state index is -0.470. The zero-order valence-electron chi connectivity index (χ0n) is 11.1. The molecule has 2 rings (SSSR count). The topological polar surface area (TPSA) is 20.2 Å². The van der Waals surface area contributed by atoms with E-state index in [1.165, 1.54) is 0 Å². The average molecular weight is 275 g/mol. The Morgan fingerprint density at radius 1 is 0.947 bits per heavy atom. The van der Waals surface area contributed by atoms with E-state index in [4.69, 9.17) is 11.6 Å². The third kappa shape index (κ3) is 3.59. The number of aliphatic hydroxyl groups is 1. The van der Waals surface area contributed by atoms with Crippen LogP contribution in [-0.2, 0) is 0 Å². The van der Waals surface area contributed by atoms with Gasteiger partial charge in [-0.1, -0.05) is 67.4 Å². The van der Waals surface area contributed by atoms with Gasteiger partial charge in [-0.05, 0) is 29.7 Å². The number of rotatable bonds is 5. The summed E-state index contributed by atoms with van der Waals surface area (Å²) in [6, 6.07) is 17.6. The molecular formula is C17H19ClO. The van der Waals surface area contributed by atoms with E-state index in [2.05, 4.69) is 6.92 Å². The van der Waals surface area contributed by atoms with E-state index < -0.39 is 6.10 Å². The molecule has 0 amide bonds. The number of benzene rings is 2. The summed E-state index contributed by atoms with van der Waals surface area (Å²) in [4.78, 5) is 0. The third-order valence-corrected chi connectivity index (χ3v) is 3.67. The van der Waals surface area contributed by atoms with Gasteiger partial charge in [0.15, 0.2) is 0 Å². The molecule has 0 heterocycles. The fraction of sp³-hybridized carbons (Fsp3) is 0.294. The van der Waals surface area contributed by atoms with Gasteiger partial charge in [-0.25, -0.2) is 0 Å². The first kappa shape index (κ1) is 14.1. The molecule has 0 aliphatic heterocycles. The highest BCUT2D eigenvalue weighted by Crippen LogP contribution is 2.34. The van der Waals surface area contributed by atoms with Gasteiger partial charge in [0.25, 0.3) is 0 Å². The maximum absolute atomic E-state index is 10.6. The largest absolute Gasteiger partial charge is 0.388 e. The van der Waals surface area contributed by atoms with Gasteiger partial charge < -0.3 is 5.11 Å². The van der Waals surface area contributed by atoms with Crippen LogP contribution in [0.4, 0.5) is 0 Å². The second-order valence-electron chi connectivity index (χ2n) is 4.80. The molecule has 19 heavy (non-hydrogen) atoms. The lowest BCUT2D eigenvalue weighted by Gasteiger charge is -2.23. The van der Waals surface area contributed by atoms with Crippen molar-refractivity contribution in [3.63, 3.8) is 0 Å². The molecule has 0 saturated carbocycles. The van der Waals surface area contributed by atoms with Crippen molar-refractivity contribution < 1.29 is 5.11 Å². The normalized spacial score (nSPS) is 14.1. The van der Waals surface area contributed by atoms with Crippen LogP contribution in [0.2, 0.25) is 5.02 Å². The summed E-state index contributed by atoms with van der Waals surface area (Å²) in [5.41, 5.74) is 2.11. The molecule has 0 aromatic heterocycles. The third-order valence-electron chi connectivity index (χ3n) is 3.42. The van der Waals surface area contributed by atoms with Crippen molar-refractivity contribution in [1.29, 1.82) is 0 Å². The molecule has 2 atom stereocenters. The molecular weight excluding hydrogens is 256 g/mol. The Kier molecular flexibility index (Phi) is 5.00. The predicted molar refractivity (Wildman–Crippen MR) is 80.5 cm³/mol. The Bertz CT molecular complexity index is 492. The Morgan fingerprint density at radius 3 is 2.16 bits per heavy atom. The van der Waals surface area contributed by atoms with E-state index in [1.807, 2.05) is 54.6 Å². The average Bonchev–Trinajstić information content (AvgIpc) is 2.46. The molecule has 0 bridgehead atoms. The number of aliphatic hydroxyl groups excluding tert-OH is 1. The minimum Gasteiger partial charge on any atom is -0.388 e. The second kappa shape index (κ2) is 6.74. The van der Waals surface area contributed by atoms with Crippen LogP contribution in [-0.4, -0.2) is 5.11 Å². The lowest BCUT2D eigenvalue weighted by molar-refractivity contribution is 0.140. The molecule has 0 aliphatic carbocycles. The van der Waals surface area contributed by atoms with Gasteiger partial charge in [0.1, 0.15) is 0 Å². The molecule has 0 radical (unpaired) electrons. The maximum atomic E-state index is 10.6. The Balaban J connectivity index is 2.27. The summed E-state index contributed by atoms with van der Waals surface area (Å²) in [6.45, 7) is 2.14. The second-order valence-corrected chi connectivity index (χ2v) is 5.24. The molecule has 1 N–H and O–H groups in total. The van der Waals surface area contributed by atoms with E-state index in [0.717, 1.165) is 29.0 Å². The van der Waals surface area contributed by atoms with Crippen LogP contribution >= 0.6 is 11.6 Å². The summed E-state index contributed by atoms with van der Waals surface area (Å²) in [7, 11) is 0. The van der Waals surface area contributed by atoms with E-state index in [1.54, 1.807) is 0 Å². The quantitative estimate of drug-likeness (QED) is 0.817. The van der Waals surface area contributed by atoms with Gasteiger partial charge in [-0.15, -0.1) is 0 Å². The zero-order valence-corrected chi connectivity index (χ0v) is 11.8. The molecule has 2 aromatic rings. The highest BCUT2D eigenvalue weighted by molar-refractivity contribution is 6.30. The van der Waals surface area contributed by atoms with Crippen LogP contribution < -0.4 is 0 Å². The van der Waals surface area contributed by atoms with Gasteiger partial charge >= 0.3 is 0 Å². The Labute approximate surface area is 119 Å². The molecule has 1 nitrogen and oxygen atoms in total. The van der Waals surface area contributed by atoms with Gasteiger partial charge in [-0.3, -0.25) is 0 Å². The fourth-order valence-electron chi connectivity index (χ4n) is 2.41. The van der Waals surface area contributed by atoms with Gasteiger partial charge in [0.2, 0.25) is 0 Å². The Morgan fingerprint density at radius 2 is 1.58 bits per heavy atom. The van der Waals surface area contributed by atoms with Gasteiger partial charge in [-0.2, -0.15) is 0 Å². The number of hydrogen-bond donors (Lipinski definition) is 1. The standard InChI is InChI=1S/C17H19ClO/c1-2-6-16(13-9-11-15(18)12-10-13)17(19)14-7-4-3-5-8-14/h3-5,7-12,16-17,19H,2,6H2,1H3/t16-,17-/m1/s1. The van der Waals surface area contributed by atoms with Crippen molar-refractivity contribution in [3.05, 3.63) is 70.7 Å². The number of hydrogen-bond acceptors (Lipinski definition) is 1. The SMILES string of the molecule is CCC[C@H](c1ccc(Cl)cc1)[C@H](O)c1ccccc1. The van der Waals surface area contributed by atoms with Crippen molar-refractivity contribution in [3.8, 4) is 0 Å². The first-order valence-electron chi connectivity index (χ1n) is 6.71. The predicted octanol–water partition coefficient (Wildman–Crippen LogP) is 4.96. The van der Waals surface area contributed by atoms with Crippen molar-refractivity contribution in [2.24, 2.45) is 0 Å². The summed E-state index contributed by atoms with van der Waals surface area (Å²) in [6.07, 6.45) is 1.52. The van der Waals surface area contributed by atoms with E-state index >= 15 is 0 Å². The molecule has 0 unspecified atom stereocenters. The van der Waals surface area contributed by atoms with E-state index in [9.17, 15) is 5.11 Å². The van der Waals surface area contributed by atoms with E-state index in [0.29, 0.717) is 0 Å². The monoisotopic (exact) mass is 274 g/mol. The number of halogens is 1. The molecule has 0 saturated heterocycles. The van der Waals surface area contributed by atoms with Crippen LogP contribution in [0.25, 0.3) is 0 Å². The summed E-state index contributed by atoms with van der Waals surface area (Å²) >= 11 is 5.93. The molecule has 0 fully saturated rings. The maximum Gasteiger partial charge on any atom is 0.0858 e. The fourth-order valence-corrected chi connectivity index (χ4v) is 2.54. The Hall–Kier alpha value is -1.31. The highest BCUT2D eigenvalue weighted by Gasteiger charge is 2.21. The molecule has 100 valence electrons. The zero-order chi connectivity index (χ0) is 13.7. The van der Waals surface area contributed by atoms with Crippen LogP contribution in [0.15, 0.2) is 54.6 Å². The first-order valence-corrected chi connectivity index (χ1v) is 7.08.